The Kier molecular flexibility index (Phi) is 10.8. The molecule has 0 aromatic heterocycles. The van der Waals surface area contributed by atoms with Crippen LogP contribution >= 0.6 is 0 Å². The Morgan fingerprint density at radius 2 is 1.47 bits per heavy atom. The van der Waals surface area contributed by atoms with Gasteiger partial charge in [0, 0.05) is 57.6 Å². The minimum atomic E-state index is -4.55. The maximum absolute atomic E-state index is 13.6. The molecule has 0 bridgehead atoms. The summed E-state index contributed by atoms with van der Waals surface area (Å²) in [6.45, 7) is 13.3. The van der Waals surface area contributed by atoms with Crippen molar-refractivity contribution in [2.75, 3.05) is 32.7 Å². The van der Waals surface area contributed by atoms with Crippen molar-refractivity contribution in [3.05, 3.63) is 35.4 Å². The largest absolute Gasteiger partial charge is 0.444 e. The molecule has 2 aliphatic heterocycles. The third-order valence-corrected chi connectivity index (χ3v) is 8.23. The molecule has 12 heteroatoms. The van der Waals surface area contributed by atoms with E-state index in [4.69, 9.17) is 4.74 Å². The highest BCUT2D eigenvalue weighted by atomic mass is 19.4. The topological polar surface area (TPSA) is 53.1 Å². The Bertz CT molecular complexity index is 1080. The van der Waals surface area contributed by atoms with Gasteiger partial charge in [0.1, 0.15) is 5.60 Å². The summed E-state index contributed by atoms with van der Waals surface area (Å²) in [7, 11) is 0. The zero-order valence-electron chi connectivity index (χ0n) is 25.9. The maximum atomic E-state index is 13.6. The van der Waals surface area contributed by atoms with E-state index in [2.05, 4.69) is 0 Å². The summed E-state index contributed by atoms with van der Waals surface area (Å²) in [6.07, 6.45) is -9.05. The molecule has 43 heavy (non-hydrogen) atoms. The third-order valence-electron chi connectivity index (χ3n) is 8.23. The van der Waals surface area contributed by atoms with Crippen LogP contribution in [0.25, 0.3) is 0 Å². The fourth-order valence-electron chi connectivity index (χ4n) is 5.89. The van der Waals surface area contributed by atoms with E-state index in [0.717, 1.165) is 12.1 Å². The standard InChI is InChI=1S/C31H45F6N3O3/c1-28(2,3)25-20-39(24(11-14-30(32,33)34)22-7-9-23(10-8-22)31(35,36)37)17-18-40(25)26(41)19-21-12-15-38(16-13-21)27(42)43-29(4,5)6/h7-10,21,24-25H,11-20H2,1-6H3. The summed E-state index contributed by atoms with van der Waals surface area (Å²) in [5, 5.41) is 0. The number of ether oxygens (including phenoxy) is 1. The number of amides is 2. The van der Waals surface area contributed by atoms with Crippen molar-refractivity contribution in [1.29, 1.82) is 0 Å². The summed E-state index contributed by atoms with van der Waals surface area (Å²) in [6, 6.07) is 3.28. The first-order valence-corrected chi connectivity index (χ1v) is 14.9. The molecule has 2 fully saturated rings. The van der Waals surface area contributed by atoms with Crippen LogP contribution in [0.5, 0.6) is 0 Å². The molecule has 2 heterocycles. The molecule has 6 nitrogen and oxygen atoms in total. The van der Waals surface area contributed by atoms with Crippen LogP contribution < -0.4 is 0 Å². The van der Waals surface area contributed by atoms with Crippen molar-refractivity contribution >= 4 is 12.0 Å². The molecule has 244 valence electrons. The molecule has 1 aromatic carbocycles. The average molecular weight is 622 g/mol. The average Bonchev–Trinajstić information content (AvgIpc) is 2.86. The first-order chi connectivity index (χ1) is 19.6. The molecule has 0 N–H and O–H groups in total. The number of nitrogens with zero attached hydrogens (tertiary/aromatic N) is 3. The minimum absolute atomic E-state index is 0.0309. The molecular weight excluding hydrogens is 576 g/mol. The van der Waals surface area contributed by atoms with Gasteiger partial charge in [-0.05, 0) is 69.1 Å². The normalized spacial score (nSPS) is 20.7. The Morgan fingerprint density at radius 1 is 0.884 bits per heavy atom. The molecule has 2 amide bonds. The van der Waals surface area contributed by atoms with Crippen molar-refractivity contribution in [1.82, 2.24) is 14.7 Å². The summed E-state index contributed by atoms with van der Waals surface area (Å²) in [5.74, 6) is 0.0631. The first-order valence-electron chi connectivity index (χ1n) is 14.9. The molecule has 2 saturated heterocycles. The van der Waals surface area contributed by atoms with E-state index in [1.165, 1.54) is 12.1 Å². The van der Waals surface area contributed by atoms with Gasteiger partial charge in [0.25, 0.3) is 0 Å². The molecule has 3 rings (SSSR count). The number of hydrogen-bond acceptors (Lipinski definition) is 4. The lowest BCUT2D eigenvalue weighted by Gasteiger charge is -2.50. The van der Waals surface area contributed by atoms with Gasteiger partial charge in [0.05, 0.1) is 5.56 Å². The molecule has 2 unspecified atom stereocenters. The fraction of sp³-hybridized carbons (Fsp3) is 0.742. The first kappa shape index (κ1) is 35.0. The number of piperazine rings is 1. The van der Waals surface area contributed by atoms with Gasteiger partial charge < -0.3 is 14.5 Å². The summed E-state index contributed by atoms with van der Waals surface area (Å²) in [4.78, 5) is 31.4. The molecule has 0 spiro atoms. The predicted molar refractivity (Wildman–Crippen MR) is 151 cm³/mol. The van der Waals surface area contributed by atoms with Crippen molar-refractivity contribution in [3.8, 4) is 0 Å². The van der Waals surface area contributed by atoms with Crippen LogP contribution in [0, 0.1) is 11.3 Å². The number of likely N-dealkylation sites (tertiary alicyclic amines) is 1. The summed E-state index contributed by atoms with van der Waals surface area (Å²) < 4.78 is 84.7. The van der Waals surface area contributed by atoms with E-state index in [1.54, 1.807) is 4.90 Å². The van der Waals surface area contributed by atoms with Gasteiger partial charge in [-0.25, -0.2) is 4.79 Å². The molecule has 2 atom stereocenters. The quantitative estimate of drug-likeness (QED) is 0.306. The number of piperidine rings is 1. The van der Waals surface area contributed by atoms with Crippen LogP contribution in [0.15, 0.2) is 24.3 Å². The molecule has 0 radical (unpaired) electrons. The third kappa shape index (κ3) is 10.3. The highest BCUT2D eigenvalue weighted by molar-refractivity contribution is 5.77. The van der Waals surface area contributed by atoms with Gasteiger partial charge in [0.15, 0.2) is 0 Å². The van der Waals surface area contributed by atoms with E-state index in [9.17, 15) is 35.9 Å². The monoisotopic (exact) mass is 621 g/mol. The second-order valence-electron chi connectivity index (χ2n) is 13.9. The Hall–Kier alpha value is -2.50. The highest BCUT2D eigenvalue weighted by Crippen LogP contribution is 2.38. The van der Waals surface area contributed by atoms with Gasteiger partial charge in [-0.15, -0.1) is 0 Å². The lowest BCUT2D eigenvalue weighted by atomic mass is 9.82. The Morgan fingerprint density at radius 3 is 1.95 bits per heavy atom. The number of rotatable bonds is 6. The predicted octanol–water partition coefficient (Wildman–Crippen LogP) is 7.69. The van der Waals surface area contributed by atoms with Crippen molar-refractivity contribution in [3.63, 3.8) is 0 Å². The van der Waals surface area contributed by atoms with Crippen molar-refractivity contribution in [2.24, 2.45) is 11.3 Å². The maximum Gasteiger partial charge on any atom is 0.416 e. The van der Waals surface area contributed by atoms with Crippen LogP contribution in [0.2, 0.25) is 0 Å². The van der Waals surface area contributed by atoms with E-state index in [1.807, 2.05) is 51.3 Å². The second-order valence-corrected chi connectivity index (χ2v) is 13.9. The van der Waals surface area contributed by atoms with Crippen LogP contribution in [-0.2, 0) is 15.7 Å². The number of hydrogen-bond donors (Lipinski definition) is 0. The molecule has 1 aromatic rings. The van der Waals surface area contributed by atoms with Gasteiger partial charge in [-0.1, -0.05) is 32.9 Å². The van der Waals surface area contributed by atoms with Gasteiger partial charge >= 0.3 is 18.4 Å². The smallest absolute Gasteiger partial charge is 0.416 e. The van der Waals surface area contributed by atoms with E-state index in [-0.39, 0.29) is 30.4 Å². The van der Waals surface area contributed by atoms with Crippen LogP contribution in [0.4, 0.5) is 31.1 Å². The highest BCUT2D eigenvalue weighted by Gasteiger charge is 2.42. The molecule has 0 aliphatic carbocycles. The van der Waals surface area contributed by atoms with E-state index >= 15 is 0 Å². The lowest BCUT2D eigenvalue weighted by molar-refractivity contribution is -0.144. The molecular formula is C31H45F6N3O3. The van der Waals surface area contributed by atoms with Crippen LogP contribution in [0.3, 0.4) is 0 Å². The number of halogens is 6. The Labute approximate surface area is 250 Å². The number of alkyl halides is 6. The van der Waals surface area contributed by atoms with Crippen LogP contribution in [-0.4, -0.2) is 77.2 Å². The van der Waals surface area contributed by atoms with E-state index in [0.29, 0.717) is 57.5 Å². The lowest BCUT2D eigenvalue weighted by Crippen LogP contribution is -2.60. The van der Waals surface area contributed by atoms with E-state index < -0.39 is 41.4 Å². The number of carbonyl (C=O) groups is 2. The summed E-state index contributed by atoms with van der Waals surface area (Å²) in [5.41, 5.74) is -1.46. The SMILES string of the molecule is CC(C)(C)OC(=O)N1CCC(CC(=O)N2CCN(C(CCC(F)(F)F)c3ccc(C(F)(F)F)cc3)CC2C(C)(C)C)CC1. The zero-order valence-corrected chi connectivity index (χ0v) is 25.9. The van der Waals surface area contributed by atoms with Gasteiger partial charge in [0.2, 0.25) is 5.91 Å². The Balaban J connectivity index is 1.71. The second kappa shape index (κ2) is 13.2. The number of benzene rings is 1. The van der Waals surface area contributed by atoms with Crippen molar-refractivity contribution in [2.45, 2.75) is 104 Å². The van der Waals surface area contributed by atoms with Crippen LogP contribution in [0.1, 0.15) is 90.8 Å². The minimum Gasteiger partial charge on any atom is -0.444 e. The summed E-state index contributed by atoms with van der Waals surface area (Å²) >= 11 is 0. The fourth-order valence-corrected chi connectivity index (χ4v) is 5.89. The number of carbonyl (C=O) groups excluding carboxylic acids is 2. The van der Waals surface area contributed by atoms with Gasteiger partial charge in [-0.3, -0.25) is 9.69 Å². The molecule has 0 saturated carbocycles. The van der Waals surface area contributed by atoms with Crippen molar-refractivity contribution < 1.29 is 40.7 Å². The van der Waals surface area contributed by atoms with Gasteiger partial charge in [-0.2, -0.15) is 26.3 Å². The molecule has 2 aliphatic rings. The zero-order chi connectivity index (χ0) is 32.4.